The molecule has 0 unspecified atom stereocenters. The van der Waals surface area contributed by atoms with Crippen molar-refractivity contribution < 1.29 is 9.53 Å². The number of aromatic nitrogens is 1. The van der Waals surface area contributed by atoms with Gasteiger partial charge in [0.15, 0.2) is 6.61 Å². The zero-order valence-electron chi connectivity index (χ0n) is 14.5. The van der Waals surface area contributed by atoms with Crippen molar-refractivity contribution in [2.45, 2.75) is 0 Å². The van der Waals surface area contributed by atoms with Gasteiger partial charge in [-0.25, -0.2) is 4.98 Å². The van der Waals surface area contributed by atoms with E-state index in [-0.39, 0.29) is 12.5 Å². The Hall–Kier alpha value is -2.60. The van der Waals surface area contributed by atoms with E-state index in [1.54, 1.807) is 53.8 Å². The molecule has 4 nitrogen and oxygen atoms in total. The van der Waals surface area contributed by atoms with Crippen molar-refractivity contribution in [1.29, 1.82) is 0 Å². The van der Waals surface area contributed by atoms with Crippen LogP contribution < -0.4 is 10.1 Å². The number of benzene rings is 3. The number of hydrogen-bond acceptors (Lipinski definition) is 4. The zero-order chi connectivity index (χ0) is 19.5. The molecule has 4 aromatic rings. The lowest BCUT2D eigenvalue weighted by molar-refractivity contribution is -0.118. The molecule has 7 heteroatoms. The maximum Gasteiger partial charge on any atom is 0.262 e. The standard InChI is InChI=1S/C21H14Cl2N2O2S/c22-13-9-10-16(24-20(26)12-27-18-7-3-1-5-15(18)23)14(11-13)21-25-17-6-2-4-8-19(17)28-21/h1-11H,12H2,(H,24,26). The Morgan fingerprint density at radius 3 is 2.64 bits per heavy atom. The van der Waals surface area contributed by atoms with E-state index in [0.29, 0.717) is 21.5 Å². The molecule has 1 N–H and O–H groups in total. The molecule has 0 atom stereocenters. The van der Waals surface area contributed by atoms with Crippen LogP contribution in [0.4, 0.5) is 5.69 Å². The summed E-state index contributed by atoms with van der Waals surface area (Å²) >= 11 is 13.8. The number of thiazole rings is 1. The summed E-state index contributed by atoms with van der Waals surface area (Å²) in [7, 11) is 0. The van der Waals surface area contributed by atoms with Crippen molar-refractivity contribution in [3.63, 3.8) is 0 Å². The van der Waals surface area contributed by atoms with Crippen LogP contribution in [0.25, 0.3) is 20.8 Å². The highest BCUT2D eigenvalue weighted by Gasteiger charge is 2.14. The molecule has 0 radical (unpaired) electrons. The van der Waals surface area contributed by atoms with Gasteiger partial charge in [0.2, 0.25) is 0 Å². The topological polar surface area (TPSA) is 51.2 Å². The van der Waals surface area contributed by atoms with Crippen LogP contribution >= 0.6 is 34.5 Å². The van der Waals surface area contributed by atoms with Gasteiger partial charge in [0.25, 0.3) is 5.91 Å². The maximum absolute atomic E-state index is 12.4. The fraction of sp³-hybridized carbons (Fsp3) is 0.0476. The highest BCUT2D eigenvalue weighted by atomic mass is 35.5. The first-order valence-electron chi connectivity index (χ1n) is 8.43. The third kappa shape index (κ3) is 4.12. The smallest absolute Gasteiger partial charge is 0.262 e. The number of ether oxygens (including phenoxy) is 1. The second-order valence-electron chi connectivity index (χ2n) is 5.94. The fourth-order valence-electron chi connectivity index (χ4n) is 2.68. The van der Waals surface area contributed by atoms with Gasteiger partial charge in [-0.1, -0.05) is 47.5 Å². The van der Waals surface area contributed by atoms with E-state index < -0.39 is 0 Å². The quantitative estimate of drug-likeness (QED) is 0.406. The SMILES string of the molecule is O=C(COc1ccccc1Cl)Nc1ccc(Cl)cc1-c1nc2ccccc2s1. The number of halogens is 2. The predicted octanol–water partition coefficient (Wildman–Crippen LogP) is 6.29. The number of carbonyl (C=O) groups excluding carboxylic acids is 1. The molecule has 0 saturated heterocycles. The largest absolute Gasteiger partial charge is 0.482 e. The van der Waals surface area contributed by atoms with Gasteiger partial charge in [0.1, 0.15) is 10.8 Å². The summed E-state index contributed by atoms with van der Waals surface area (Å²) in [5, 5.41) is 4.68. The average Bonchev–Trinajstić information content (AvgIpc) is 3.13. The average molecular weight is 429 g/mol. The minimum atomic E-state index is -0.301. The molecule has 3 aromatic carbocycles. The number of para-hydroxylation sites is 2. The number of rotatable bonds is 5. The fourth-order valence-corrected chi connectivity index (χ4v) is 4.04. The second kappa shape index (κ2) is 8.19. The molecule has 0 saturated carbocycles. The Kier molecular flexibility index (Phi) is 5.48. The van der Waals surface area contributed by atoms with E-state index >= 15 is 0 Å². The summed E-state index contributed by atoms with van der Waals surface area (Å²) in [6.07, 6.45) is 0. The number of amides is 1. The van der Waals surface area contributed by atoms with Crippen LogP contribution in [0.3, 0.4) is 0 Å². The highest BCUT2D eigenvalue weighted by Crippen LogP contribution is 2.36. The number of hydrogen-bond donors (Lipinski definition) is 1. The Balaban J connectivity index is 1.56. The summed E-state index contributed by atoms with van der Waals surface area (Å²) in [4.78, 5) is 17.1. The Morgan fingerprint density at radius 2 is 1.82 bits per heavy atom. The van der Waals surface area contributed by atoms with Crippen molar-refractivity contribution in [2.24, 2.45) is 0 Å². The number of nitrogens with one attached hydrogen (secondary N) is 1. The van der Waals surface area contributed by atoms with E-state index in [1.165, 1.54) is 0 Å². The number of anilines is 1. The molecule has 28 heavy (non-hydrogen) atoms. The summed E-state index contributed by atoms with van der Waals surface area (Å²) < 4.78 is 6.57. The molecular weight excluding hydrogens is 415 g/mol. The first kappa shape index (κ1) is 18.7. The lowest BCUT2D eigenvalue weighted by Crippen LogP contribution is -2.20. The molecule has 1 heterocycles. The minimum absolute atomic E-state index is 0.161. The molecule has 0 fully saturated rings. The molecule has 1 amide bonds. The van der Waals surface area contributed by atoms with Gasteiger partial charge in [-0.15, -0.1) is 11.3 Å². The van der Waals surface area contributed by atoms with Gasteiger partial charge in [-0.2, -0.15) is 0 Å². The lowest BCUT2D eigenvalue weighted by atomic mass is 10.2. The molecule has 0 spiro atoms. The van der Waals surface area contributed by atoms with Crippen LogP contribution in [-0.4, -0.2) is 17.5 Å². The van der Waals surface area contributed by atoms with Crippen LogP contribution in [-0.2, 0) is 4.79 Å². The van der Waals surface area contributed by atoms with Gasteiger partial charge >= 0.3 is 0 Å². The monoisotopic (exact) mass is 428 g/mol. The predicted molar refractivity (Wildman–Crippen MR) is 116 cm³/mol. The number of nitrogens with zero attached hydrogens (tertiary/aromatic N) is 1. The van der Waals surface area contributed by atoms with Crippen LogP contribution in [0.15, 0.2) is 66.7 Å². The maximum atomic E-state index is 12.4. The van der Waals surface area contributed by atoms with Gasteiger partial charge in [0, 0.05) is 10.6 Å². The molecular formula is C21H14Cl2N2O2S. The van der Waals surface area contributed by atoms with Crippen LogP contribution in [0.1, 0.15) is 0 Å². The van der Waals surface area contributed by atoms with Gasteiger partial charge < -0.3 is 10.1 Å². The van der Waals surface area contributed by atoms with Gasteiger partial charge in [0.05, 0.1) is 20.9 Å². The molecule has 1 aromatic heterocycles. The Bertz CT molecular complexity index is 1130. The zero-order valence-corrected chi connectivity index (χ0v) is 16.8. The van der Waals surface area contributed by atoms with E-state index in [9.17, 15) is 4.79 Å². The number of fused-ring (bicyclic) bond motifs is 1. The van der Waals surface area contributed by atoms with Crippen molar-refractivity contribution >= 4 is 56.3 Å². The van der Waals surface area contributed by atoms with Crippen molar-refractivity contribution in [3.05, 3.63) is 76.8 Å². The van der Waals surface area contributed by atoms with Crippen LogP contribution in [0.5, 0.6) is 5.75 Å². The lowest BCUT2D eigenvalue weighted by Gasteiger charge is -2.11. The Labute approximate surface area is 175 Å². The first-order chi connectivity index (χ1) is 13.6. The molecule has 4 rings (SSSR count). The summed E-state index contributed by atoms with van der Waals surface area (Å²) in [5.74, 6) is 0.159. The normalized spacial score (nSPS) is 10.8. The third-order valence-corrected chi connectivity index (χ3v) is 5.59. The van der Waals surface area contributed by atoms with Gasteiger partial charge in [-0.05, 0) is 42.5 Å². The van der Waals surface area contributed by atoms with E-state index in [0.717, 1.165) is 20.8 Å². The van der Waals surface area contributed by atoms with Crippen LogP contribution in [0.2, 0.25) is 10.0 Å². The van der Waals surface area contributed by atoms with E-state index in [4.69, 9.17) is 27.9 Å². The van der Waals surface area contributed by atoms with Crippen molar-refractivity contribution in [3.8, 4) is 16.3 Å². The second-order valence-corrected chi connectivity index (χ2v) is 7.82. The summed E-state index contributed by atoms with van der Waals surface area (Å²) in [5.41, 5.74) is 2.29. The molecule has 140 valence electrons. The molecule has 0 bridgehead atoms. The van der Waals surface area contributed by atoms with E-state index in [1.807, 2.05) is 24.3 Å². The minimum Gasteiger partial charge on any atom is -0.482 e. The van der Waals surface area contributed by atoms with Crippen LogP contribution in [0, 0.1) is 0 Å². The highest BCUT2D eigenvalue weighted by molar-refractivity contribution is 7.21. The van der Waals surface area contributed by atoms with E-state index in [2.05, 4.69) is 10.3 Å². The molecule has 0 aliphatic rings. The number of carbonyl (C=O) groups is 1. The first-order valence-corrected chi connectivity index (χ1v) is 10.00. The molecule has 0 aliphatic carbocycles. The third-order valence-electron chi connectivity index (χ3n) is 3.98. The van der Waals surface area contributed by atoms with Crippen molar-refractivity contribution in [1.82, 2.24) is 4.98 Å². The summed E-state index contributed by atoms with van der Waals surface area (Å²) in [6, 6.07) is 20.2. The Morgan fingerprint density at radius 1 is 1.04 bits per heavy atom. The van der Waals surface area contributed by atoms with Gasteiger partial charge in [-0.3, -0.25) is 4.79 Å². The molecule has 0 aliphatic heterocycles. The summed E-state index contributed by atoms with van der Waals surface area (Å²) in [6.45, 7) is -0.161. The van der Waals surface area contributed by atoms with Crippen molar-refractivity contribution in [2.75, 3.05) is 11.9 Å².